The van der Waals surface area contributed by atoms with Gasteiger partial charge in [0.25, 0.3) is 0 Å². The van der Waals surface area contributed by atoms with Crippen molar-refractivity contribution in [2.75, 3.05) is 13.2 Å². The molecule has 0 amide bonds. The summed E-state index contributed by atoms with van der Waals surface area (Å²) < 4.78 is 51.6. The highest BCUT2D eigenvalue weighted by Gasteiger charge is 2.29. The van der Waals surface area contributed by atoms with E-state index in [-0.39, 0.29) is 25.0 Å². The summed E-state index contributed by atoms with van der Waals surface area (Å²) in [4.78, 5) is 24.4. The molecule has 0 heterocycles. The SMILES string of the molecule is CCCCCCCC[C@@H](F)C(=O)O[C@H]1CC[C@H](COc2ccc(OC[C@H]3CC[C@H](OC(=O)[C@H](F)CCCCCCCC)CC3)cc2)CC1. The maximum absolute atomic E-state index is 14.3. The van der Waals surface area contributed by atoms with Crippen molar-refractivity contribution in [2.24, 2.45) is 11.8 Å². The molecule has 3 rings (SSSR count). The van der Waals surface area contributed by atoms with Gasteiger partial charge in [-0.2, -0.15) is 0 Å². The first-order chi connectivity index (χ1) is 23.4. The largest absolute Gasteiger partial charge is 0.493 e. The van der Waals surface area contributed by atoms with E-state index in [4.69, 9.17) is 18.9 Å². The Morgan fingerprint density at radius 1 is 0.562 bits per heavy atom. The molecule has 0 saturated heterocycles. The molecule has 0 aliphatic heterocycles. The van der Waals surface area contributed by atoms with E-state index in [1.54, 1.807) is 0 Å². The fraction of sp³-hybridized carbons (Fsp3) is 0.800. The Morgan fingerprint density at radius 3 is 1.25 bits per heavy atom. The van der Waals surface area contributed by atoms with Crippen LogP contribution in [0.5, 0.6) is 11.5 Å². The Morgan fingerprint density at radius 2 is 0.896 bits per heavy atom. The molecule has 8 heteroatoms. The first kappa shape index (κ1) is 40.1. The van der Waals surface area contributed by atoms with Crippen LogP contribution in [0.1, 0.15) is 155 Å². The third-order valence-corrected chi connectivity index (χ3v) is 10.1. The van der Waals surface area contributed by atoms with Gasteiger partial charge in [0.2, 0.25) is 0 Å². The number of ether oxygens (including phenoxy) is 4. The minimum absolute atomic E-state index is 0.194. The van der Waals surface area contributed by atoms with Crippen molar-refractivity contribution in [3.63, 3.8) is 0 Å². The number of hydrogen-bond donors (Lipinski definition) is 0. The van der Waals surface area contributed by atoms with E-state index < -0.39 is 24.3 Å². The Balaban J connectivity index is 1.22. The van der Waals surface area contributed by atoms with Crippen LogP contribution in [0, 0.1) is 11.8 Å². The van der Waals surface area contributed by atoms with E-state index in [2.05, 4.69) is 13.8 Å². The molecule has 2 aliphatic rings. The van der Waals surface area contributed by atoms with E-state index in [0.717, 1.165) is 101 Å². The zero-order valence-corrected chi connectivity index (χ0v) is 29.9. The lowest BCUT2D eigenvalue weighted by Crippen LogP contribution is -2.30. The van der Waals surface area contributed by atoms with Gasteiger partial charge < -0.3 is 18.9 Å². The van der Waals surface area contributed by atoms with Crippen molar-refractivity contribution >= 4 is 11.9 Å². The number of alkyl halides is 2. The van der Waals surface area contributed by atoms with Crippen LogP contribution in [0.4, 0.5) is 8.78 Å². The Kier molecular flexibility index (Phi) is 19.9. The number of hydrogen-bond acceptors (Lipinski definition) is 6. The standard InChI is InChI=1S/C40H64F2O6/c1-3-5-7-9-11-13-15-37(41)39(43)47-35-21-17-31(18-22-35)29-45-33-25-27-34(28-26-33)46-30-32-19-23-36(24-20-32)48-40(44)38(42)16-14-12-10-8-6-4-2/h25-28,31-32,35-38H,3-24,29-30H2,1-2H3/t31-,32-,35-,36-,37-,38-/m1/s1. The normalized spacial score (nSPS) is 22.4. The molecular formula is C40H64F2O6. The molecule has 2 aliphatic carbocycles. The summed E-state index contributed by atoms with van der Waals surface area (Å²) in [5.74, 6) is 0.955. The van der Waals surface area contributed by atoms with Gasteiger partial charge >= 0.3 is 11.9 Å². The summed E-state index contributed by atoms with van der Waals surface area (Å²) in [5, 5.41) is 0. The molecular weight excluding hydrogens is 614 g/mol. The molecule has 0 bridgehead atoms. The zero-order valence-electron chi connectivity index (χ0n) is 29.9. The van der Waals surface area contributed by atoms with Gasteiger partial charge in [-0.05, 0) is 113 Å². The van der Waals surface area contributed by atoms with Gasteiger partial charge in [0.15, 0.2) is 12.3 Å². The number of unbranched alkanes of at least 4 members (excludes halogenated alkanes) is 10. The number of rotatable bonds is 24. The lowest BCUT2D eigenvalue weighted by atomic mass is 9.88. The van der Waals surface area contributed by atoms with Crippen LogP contribution in [0.3, 0.4) is 0 Å². The van der Waals surface area contributed by atoms with Crippen LogP contribution in [-0.2, 0) is 19.1 Å². The van der Waals surface area contributed by atoms with Crippen LogP contribution in [0.2, 0.25) is 0 Å². The van der Waals surface area contributed by atoms with Crippen LogP contribution < -0.4 is 9.47 Å². The van der Waals surface area contributed by atoms with Gasteiger partial charge in [0.05, 0.1) is 13.2 Å². The predicted octanol–water partition coefficient (Wildman–Crippen LogP) is 10.8. The molecule has 1 aromatic carbocycles. The second-order valence-corrected chi connectivity index (χ2v) is 14.3. The summed E-state index contributed by atoms with van der Waals surface area (Å²) >= 11 is 0. The minimum Gasteiger partial charge on any atom is -0.493 e. The summed E-state index contributed by atoms with van der Waals surface area (Å²) in [6.07, 6.45) is 16.5. The van der Waals surface area contributed by atoms with Crippen molar-refractivity contribution in [3.05, 3.63) is 24.3 Å². The van der Waals surface area contributed by atoms with E-state index in [1.807, 2.05) is 24.3 Å². The zero-order chi connectivity index (χ0) is 34.4. The summed E-state index contributed by atoms with van der Waals surface area (Å²) in [6, 6.07) is 7.68. The molecule has 0 aromatic heterocycles. The van der Waals surface area contributed by atoms with E-state index in [1.165, 1.54) is 38.5 Å². The average Bonchev–Trinajstić information content (AvgIpc) is 3.10. The van der Waals surface area contributed by atoms with Gasteiger partial charge in [0.1, 0.15) is 23.7 Å². The fourth-order valence-electron chi connectivity index (χ4n) is 6.81. The Hall–Kier alpha value is -2.38. The number of esters is 2. The maximum Gasteiger partial charge on any atom is 0.340 e. The number of carbonyl (C=O) groups is 2. The van der Waals surface area contributed by atoms with Crippen LogP contribution in [0.15, 0.2) is 24.3 Å². The molecule has 2 saturated carbocycles. The molecule has 48 heavy (non-hydrogen) atoms. The first-order valence-electron chi connectivity index (χ1n) is 19.4. The Labute approximate surface area is 289 Å². The van der Waals surface area contributed by atoms with Crippen LogP contribution in [-0.4, -0.2) is 49.7 Å². The van der Waals surface area contributed by atoms with Crippen molar-refractivity contribution < 1.29 is 37.3 Å². The van der Waals surface area contributed by atoms with E-state index in [9.17, 15) is 18.4 Å². The van der Waals surface area contributed by atoms with E-state index >= 15 is 0 Å². The smallest absolute Gasteiger partial charge is 0.340 e. The monoisotopic (exact) mass is 678 g/mol. The quantitative estimate of drug-likeness (QED) is 0.0800. The van der Waals surface area contributed by atoms with Crippen LogP contribution >= 0.6 is 0 Å². The summed E-state index contributed by atoms with van der Waals surface area (Å²) in [5.41, 5.74) is 0. The number of benzene rings is 1. The molecule has 274 valence electrons. The second-order valence-electron chi connectivity index (χ2n) is 14.3. The van der Waals surface area contributed by atoms with Crippen molar-refractivity contribution in [1.29, 1.82) is 0 Å². The van der Waals surface area contributed by atoms with Gasteiger partial charge in [0, 0.05) is 0 Å². The maximum atomic E-state index is 14.3. The molecule has 2 atom stereocenters. The third-order valence-electron chi connectivity index (χ3n) is 10.1. The van der Waals surface area contributed by atoms with Gasteiger partial charge in [-0.15, -0.1) is 0 Å². The molecule has 1 aromatic rings. The summed E-state index contributed by atoms with van der Waals surface area (Å²) in [7, 11) is 0. The molecule has 0 N–H and O–H groups in total. The second kappa shape index (κ2) is 23.9. The Bertz CT molecular complexity index is 909. The van der Waals surface area contributed by atoms with Crippen molar-refractivity contribution in [3.8, 4) is 11.5 Å². The molecule has 2 fully saturated rings. The fourth-order valence-corrected chi connectivity index (χ4v) is 6.81. The topological polar surface area (TPSA) is 71.1 Å². The average molecular weight is 679 g/mol. The van der Waals surface area contributed by atoms with Gasteiger partial charge in [-0.3, -0.25) is 0 Å². The minimum atomic E-state index is -1.51. The highest BCUT2D eigenvalue weighted by Crippen LogP contribution is 2.30. The van der Waals surface area contributed by atoms with Crippen molar-refractivity contribution in [2.45, 2.75) is 180 Å². The highest BCUT2D eigenvalue weighted by molar-refractivity contribution is 5.75. The lowest BCUT2D eigenvalue weighted by molar-refractivity contribution is -0.158. The summed E-state index contributed by atoms with van der Waals surface area (Å²) in [6.45, 7) is 5.54. The number of carbonyl (C=O) groups excluding carboxylic acids is 2. The van der Waals surface area contributed by atoms with E-state index in [0.29, 0.717) is 25.0 Å². The molecule has 0 spiro atoms. The predicted molar refractivity (Wildman–Crippen MR) is 187 cm³/mol. The molecule has 0 unspecified atom stereocenters. The van der Waals surface area contributed by atoms with Crippen LogP contribution in [0.25, 0.3) is 0 Å². The van der Waals surface area contributed by atoms with Gasteiger partial charge in [-0.1, -0.05) is 78.1 Å². The molecule has 6 nitrogen and oxygen atoms in total. The molecule has 0 radical (unpaired) electrons. The number of halogens is 2. The third kappa shape index (κ3) is 16.3. The lowest BCUT2D eigenvalue weighted by Gasteiger charge is -2.29. The van der Waals surface area contributed by atoms with Gasteiger partial charge in [-0.25, -0.2) is 18.4 Å². The first-order valence-corrected chi connectivity index (χ1v) is 19.4. The van der Waals surface area contributed by atoms with Crippen molar-refractivity contribution in [1.82, 2.24) is 0 Å². The highest BCUT2D eigenvalue weighted by atomic mass is 19.1.